The highest BCUT2D eigenvalue weighted by molar-refractivity contribution is 5.85. The highest BCUT2D eigenvalue weighted by Gasteiger charge is 2.10. The molecule has 0 amide bonds. The zero-order valence-corrected chi connectivity index (χ0v) is 12.2. The molecular weight excluding hydrogens is 300 g/mol. The van der Waals surface area contributed by atoms with Crippen LogP contribution in [0.5, 0.6) is 5.75 Å². The topological polar surface area (TPSA) is 53.1 Å². The van der Waals surface area contributed by atoms with Crippen molar-refractivity contribution < 1.29 is 13.5 Å². The van der Waals surface area contributed by atoms with Gasteiger partial charge in [0.2, 0.25) is 0 Å². The van der Waals surface area contributed by atoms with Crippen LogP contribution in [0.3, 0.4) is 0 Å². The molecule has 1 aromatic heterocycles. The van der Waals surface area contributed by atoms with E-state index in [1.165, 1.54) is 0 Å². The number of halogens is 3. The summed E-state index contributed by atoms with van der Waals surface area (Å²) < 4.78 is 31.4. The fourth-order valence-electron chi connectivity index (χ4n) is 1.86. The monoisotopic (exact) mass is 317 g/mol. The first kappa shape index (κ1) is 17.4. The van der Waals surface area contributed by atoms with E-state index in [1.54, 1.807) is 23.0 Å². The van der Waals surface area contributed by atoms with Gasteiger partial charge in [-0.3, -0.25) is 4.68 Å². The maximum atomic E-state index is 12.2. The van der Waals surface area contributed by atoms with Crippen LogP contribution in [0.25, 0.3) is 11.1 Å². The third-order valence-corrected chi connectivity index (χ3v) is 2.79. The van der Waals surface area contributed by atoms with Crippen molar-refractivity contribution in [3.05, 3.63) is 36.7 Å². The number of hydrogen-bond acceptors (Lipinski definition) is 3. The number of benzene rings is 1. The summed E-state index contributed by atoms with van der Waals surface area (Å²) in [6.45, 7) is 0.720. The summed E-state index contributed by atoms with van der Waals surface area (Å²) in [5, 5.41) is 4.22. The van der Waals surface area contributed by atoms with Crippen molar-refractivity contribution in [1.82, 2.24) is 9.78 Å². The fourth-order valence-corrected chi connectivity index (χ4v) is 1.86. The van der Waals surface area contributed by atoms with Gasteiger partial charge in [0.25, 0.3) is 6.43 Å². The van der Waals surface area contributed by atoms with E-state index in [0.29, 0.717) is 12.3 Å². The second kappa shape index (κ2) is 8.59. The van der Waals surface area contributed by atoms with Gasteiger partial charge < -0.3 is 10.5 Å². The number of nitrogens with two attached hydrogens (primary N) is 1. The van der Waals surface area contributed by atoms with Crippen LogP contribution in [0.15, 0.2) is 36.7 Å². The largest absolute Gasteiger partial charge is 0.487 e. The minimum absolute atomic E-state index is 0. The third kappa shape index (κ3) is 4.99. The molecule has 2 rings (SSSR count). The first-order chi connectivity index (χ1) is 9.70. The summed E-state index contributed by atoms with van der Waals surface area (Å²) in [7, 11) is 0. The molecule has 2 N–H and O–H groups in total. The van der Waals surface area contributed by atoms with E-state index in [9.17, 15) is 8.78 Å². The number of alkyl halides is 2. The van der Waals surface area contributed by atoms with Gasteiger partial charge in [0.15, 0.2) is 0 Å². The van der Waals surface area contributed by atoms with Gasteiger partial charge in [-0.1, -0.05) is 18.2 Å². The number of rotatable bonds is 7. The number of aryl methyl sites for hydroxylation is 1. The zero-order valence-electron chi connectivity index (χ0n) is 11.4. The minimum Gasteiger partial charge on any atom is -0.487 e. The summed E-state index contributed by atoms with van der Waals surface area (Å²) >= 11 is 0. The van der Waals surface area contributed by atoms with Gasteiger partial charge in [-0.25, -0.2) is 8.78 Å². The summed E-state index contributed by atoms with van der Waals surface area (Å²) in [6.07, 6.45) is 1.90. The van der Waals surface area contributed by atoms with Crippen LogP contribution in [-0.2, 0) is 6.54 Å². The lowest BCUT2D eigenvalue weighted by Crippen LogP contribution is -2.07. The van der Waals surface area contributed by atoms with E-state index in [4.69, 9.17) is 10.5 Å². The molecule has 116 valence electrons. The quantitative estimate of drug-likeness (QED) is 0.854. The van der Waals surface area contributed by atoms with Crippen LogP contribution in [0, 0.1) is 0 Å². The summed E-state index contributed by atoms with van der Waals surface area (Å²) in [5.74, 6) is 0.436. The molecule has 0 bridgehead atoms. The van der Waals surface area contributed by atoms with Crippen LogP contribution in [0.1, 0.15) is 6.42 Å². The first-order valence-electron chi connectivity index (χ1n) is 6.43. The van der Waals surface area contributed by atoms with Crippen molar-refractivity contribution in [2.75, 3.05) is 13.2 Å². The molecule has 0 saturated carbocycles. The van der Waals surface area contributed by atoms with Crippen molar-refractivity contribution in [2.24, 2.45) is 5.73 Å². The van der Waals surface area contributed by atoms with Crippen molar-refractivity contribution in [2.45, 2.75) is 19.4 Å². The van der Waals surface area contributed by atoms with Crippen LogP contribution in [0.2, 0.25) is 0 Å². The Hall–Kier alpha value is -1.66. The number of aromatic nitrogens is 2. The minimum atomic E-state index is -2.49. The zero-order chi connectivity index (χ0) is 14.4. The van der Waals surface area contributed by atoms with Gasteiger partial charge in [0.05, 0.1) is 6.20 Å². The Labute approximate surface area is 128 Å². The van der Waals surface area contributed by atoms with Crippen molar-refractivity contribution in [3.8, 4) is 16.9 Å². The smallest absolute Gasteiger partial charge is 0.272 e. The lowest BCUT2D eigenvalue weighted by molar-refractivity contribution is 0.0822. The van der Waals surface area contributed by atoms with Crippen molar-refractivity contribution in [3.63, 3.8) is 0 Å². The molecule has 0 spiro atoms. The third-order valence-electron chi connectivity index (χ3n) is 2.79. The molecule has 2 aromatic rings. The summed E-state index contributed by atoms with van der Waals surface area (Å²) in [6, 6.07) is 7.09. The fraction of sp³-hybridized carbons (Fsp3) is 0.357. The van der Waals surface area contributed by atoms with Gasteiger partial charge in [0, 0.05) is 23.9 Å². The average Bonchev–Trinajstić information content (AvgIpc) is 2.92. The van der Waals surface area contributed by atoms with Gasteiger partial charge in [-0.2, -0.15) is 5.10 Å². The molecular formula is C14H18ClF2N3O. The summed E-state index contributed by atoms with van der Waals surface area (Å²) in [4.78, 5) is 0. The molecule has 7 heteroatoms. The van der Waals surface area contributed by atoms with Gasteiger partial charge in [0.1, 0.15) is 12.4 Å². The Morgan fingerprint density at radius 1 is 1.29 bits per heavy atom. The maximum Gasteiger partial charge on any atom is 0.272 e. The van der Waals surface area contributed by atoms with Crippen LogP contribution in [-0.4, -0.2) is 29.4 Å². The lowest BCUT2D eigenvalue weighted by Gasteiger charge is -2.09. The van der Waals surface area contributed by atoms with Crippen molar-refractivity contribution >= 4 is 12.4 Å². The van der Waals surface area contributed by atoms with Crippen LogP contribution >= 0.6 is 12.4 Å². The molecule has 0 fully saturated rings. The van der Waals surface area contributed by atoms with Gasteiger partial charge in [-0.05, 0) is 19.0 Å². The second-order valence-corrected chi connectivity index (χ2v) is 4.33. The number of para-hydroxylation sites is 1. The summed E-state index contributed by atoms with van der Waals surface area (Å²) in [5.41, 5.74) is 7.05. The molecule has 0 aliphatic carbocycles. The Morgan fingerprint density at radius 2 is 2.05 bits per heavy atom. The standard InChI is InChI=1S/C14H17F2N3O.ClH/c15-14(16)10-20-13-5-2-1-4-12(13)11-8-18-19(9-11)7-3-6-17;/h1-2,4-5,8-9,14H,3,6-7,10,17H2;1H. The Kier molecular flexibility index (Phi) is 7.11. The highest BCUT2D eigenvalue weighted by atomic mass is 35.5. The van der Waals surface area contributed by atoms with Gasteiger partial charge in [-0.15, -0.1) is 12.4 Å². The Balaban J connectivity index is 0.00000220. The number of nitrogens with zero attached hydrogens (tertiary/aromatic N) is 2. The molecule has 21 heavy (non-hydrogen) atoms. The van der Waals surface area contributed by atoms with Gasteiger partial charge >= 0.3 is 0 Å². The van der Waals surface area contributed by atoms with Crippen LogP contribution in [0.4, 0.5) is 8.78 Å². The first-order valence-corrected chi connectivity index (χ1v) is 6.43. The molecule has 1 aromatic carbocycles. The SMILES string of the molecule is Cl.NCCCn1cc(-c2ccccc2OCC(F)F)cn1. The predicted molar refractivity (Wildman–Crippen MR) is 80.1 cm³/mol. The molecule has 0 saturated heterocycles. The Morgan fingerprint density at radius 3 is 2.76 bits per heavy atom. The predicted octanol–water partition coefficient (Wildman–Crippen LogP) is 2.96. The van der Waals surface area contributed by atoms with Crippen molar-refractivity contribution in [1.29, 1.82) is 0 Å². The number of hydrogen-bond donors (Lipinski definition) is 1. The molecule has 4 nitrogen and oxygen atoms in total. The van der Waals surface area contributed by atoms with E-state index in [0.717, 1.165) is 24.1 Å². The molecule has 0 atom stereocenters. The van der Waals surface area contributed by atoms with E-state index in [-0.39, 0.29) is 12.4 Å². The van der Waals surface area contributed by atoms with E-state index >= 15 is 0 Å². The normalized spacial score (nSPS) is 10.5. The molecule has 0 radical (unpaired) electrons. The van der Waals surface area contributed by atoms with E-state index < -0.39 is 13.0 Å². The highest BCUT2D eigenvalue weighted by Crippen LogP contribution is 2.29. The lowest BCUT2D eigenvalue weighted by atomic mass is 10.1. The molecule has 0 aliphatic rings. The van der Waals surface area contributed by atoms with Crippen LogP contribution < -0.4 is 10.5 Å². The molecule has 0 aliphatic heterocycles. The van der Waals surface area contributed by atoms with E-state index in [1.807, 2.05) is 18.3 Å². The molecule has 1 heterocycles. The Bertz CT molecular complexity index is 549. The van der Waals surface area contributed by atoms with E-state index in [2.05, 4.69) is 5.10 Å². The molecule has 0 unspecified atom stereocenters. The second-order valence-electron chi connectivity index (χ2n) is 4.33. The number of ether oxygens (including phenoxy) is 1. The maximum absolute atomic E-state index is 12.2. The average molecular weight is 318 g/mol.